The van der Waals surface area contributed by atoms with E-state index in [1.165, 1.54) is 30.5 Å². The van der Waals surface area contributed by atoms with Crippen LogP contribution >= 0.6 is 0 Å². The van der Waals surface area contributed by atoms with E-state index < -0.39 is 4.92 Å². The Morgan fingerprint density at radius 2 is 1.80 bits per heavy atom. The lowest BCUT2D eigenvalue weighted by molar-refractivity contribution is -0.384. The molecule has 5 rings (SSSR count). The molecule has 178 valence electrons. The van der Waals surface area contributed by atoms with E-state index in [2.05, 4.69) is 22.0 Å². The molecule has 3 aromatic carbocycles. The van der Waals surface area contributed by atoms with Crippen LogP contribution < -0.4 is 4.74 Å². The van der Waals surface area contributed by atoms with E-state index in [0.717, 1.165) is 30.9 Å². The van der Waals surface area contributed by atoms with Crippen molar-refractivity contribution in [3.8, 4) is 11.6 Å². The molecule has 0 atom stereocenters. The molecule has 2 heterocycles. The van der Waals surface area contributed by atoms with Gasteiger partial charge >= 0.3 is 0 Å². The van der Waals surface area contributed by atoms with Crippen molar-refractivity contribution < 1.29 is 14.8 Å². The van der Waals surface area contributed by atoms with E-state index in [1.54, 1.807) is 13.2 Å². The predicted molar refractivity (Wildman–Crippen MR) is 136 cm³/mol. The maximum absolute atomic E-state index is 11.4. The molecule has 0 bridgehead atoms. The smallest absolute Gasteiger partial charge is 0.270 e. The van der Waals surface area contributed by atoms with Crippen molar-refractivity contribution in [1.29, 1.82) is 0 Å². The summed E-state index contributed by atoms with van der Waals surface area (Å²) < 4.78 is 5.29. The lowest BCUT2D eigenvalue weighted by Gasteiger charge is -2.14. The van der Waals surface area contributed by atoms with Crippen molar-refractivity contribution in [1.82, 2.24) is 9.88 Å². The number of aromatic amines is 1. The minimum atomic E-state index is -0.448. The number of fused-ring (bicyclic) bond motifs is 1. The van der Waals surface area contributed by atoms with Crippen LogP contribution in [-0.4, -0.2) is 45.8 Å². The first-order chi connectivity index (χ1) is 17.0. The number of methoxy groups -OCH3 is 1. The number of nitro benzene ring substituents is 1. The third-order valence-electron chi connectivity index (χ3n) is 6.36. The Morgan fingerprint density at radius 1 is 1.09 bits per heavy atom. The van der Waals surface area contributed by atoms with Crippen LogP contribution in [0.2, 0.25) is 0 Å². The lowest BCUT2D eigenvalue weighted by Crippen LogP contribution is -2.18. The fourth-order valence-corrected chi connectivity index (χ4v) is 4.54. The molecule has 1 fully saturated rings. The molecule has 0 spiro atoms. The van der Waals surface area contributed by atoms with Crippen LogP contribution in [0.1, 0.15) is 29.5 Å². The van der Waals surface area contributed by atoms with Gasteiger partial charge in [0.1, 0.15) is 5.75 Å². The predicted octanol–water partition coefficient (Wildman–Crippen LogP) is 5.56. The third-order valence-corrected chi connectivity index (χ3v) is 6.36. The van der Waals surface area contributed by atoms with Crippen LogP contribution in [0.25, 0.3) is 10.9 Å². The molecule has 1 aliphatic heterocycles. The van der Waals surface area contributed by atoms with Crippen LogP contribution in [0.4, 0.5) is 11.4 Å². The minimum absolute atomic E-state index is 0.0573. The van der Waals surface area contributed by atoms with Gasteiger partial charge in [0.15, 0.2) is 5.88 Å². The summed E-state index contributed by atoms with van der Waals surface area (Å²) in [7, 11) is 1.60. The Balaban J connectivity index is 1.60. The molecule has 8 heteroatoms. The molecule has 0 amide bonds. The number of nitrogens with zero attached hydrogens (tertiary/aromatic N) is 3. The quantitative estimate of drug-likeness (QED) is 0.209. The van der Waals surface area contributed by atoms with Gasteiger partial charge in [0, 0.05) is 35.1 Å². The number of aromatic nitrogens is 1. The van der Waals surface area contributed by atoms with Crippen LogP contribution in [0.15, 0.2) is 71.7 Å². The van der Waals surface area contributed by atoms with E-state index in [9.17, 15) is 15.2 Å². The Labute approximate surface area is 202 Å². The number of ether oxygens (including phenoxy) is 1. The molecule has 4 aromatic rings. The summed E-state index contributed by atoms with van der Waals surface area (Å²) in [5, 5.41) is 22.8. The second-order valence-electron chi connectivity index (χ2n) is 8.67. The number of H-pyrrole nitrogens is 1. The Bertz CT molecular complexity index is 1390. The zero-order valence-corrected chi connectivity index (χ0v) is 19.4. The number of hydrogen-bond donors (Lipinski definition) is 2. The number of rotatable bonds is 7. The van der Waals surface area contributed by atoms with Crippen LogP contribution in [0, 0.1) is 10.1 Å². The number of benzene rings is 3. The van der Waals surface area contributed by atoms with Gasteiger partial charge in [-0.05, 0) is 74.0 Å². The molecule has 0 radical (unpaired) electrons. The maximum atomic E-state index is 11.4. The van der Waals surface area contributed by atoms with Gasteiger partial charge in [-0.2, -0.15) is 0 Å². The number of hydrogen-bond acceptors (Lipinski definition) is 6. The molecule has 1 saturated heterocycles. The summed E-state index contributed by atoms with van der Waals surface area (Å²) in [4.78, 5) is 21.2. The monoisotopic (exact) mass is 470 g/mol. The van der Waals surface area contributed by atoms with E-state index in [1.807, 2.05) is 36.4 Å². The van der Waals surface area contributed by atoms with E-state index in [-0.39, 0.29) is 11.6 Å². The van der Waals surface area contributed by atoms with E-state index >= 15 is 0 Å². The molecule has 0 aliphatic carbocycles. The zero-order valence-electron chi connectivity index (χ0n) is 19.4. The highest BCUT2D eigenvalue weighted by molar-refractivity contribution is 6.22. The van der Waals surface area contributed by atoms with Gasteiger partial charge in [0.05, 0.1) is 29.0 Å². The molecule has 8 nitrogen and oxygen atoms in total. The molecule has 0 unspecified atom stereocenters. The number of nitro groups is 1. The zero-order chi connectivity index (χ0) is 24.4. The second kappa shape index (κ2) is 9.60. The minimum Gasteiger partial charge on any atom is -0.497 e. The van der Waals surface area contributed by atoms with Crippen molar-refractivity contribution in [2.75, 3.05) is 20.2 Å². The highest BCUT2D eigenvalue weighted by Gasteiger charge is 2.21. The van der Waals surface area contributed by atoms with Gasteiger partial charge in [-0.3, -0.25) is 15.0 Å². The molecule has 0 saturated carbocycles. The van der Waals surface area contributed by atoms with Gasteiger partial charge < -0.3 is 14.8 Å². The fourth-order valence-electron chi connectivity index (χ4n) is 4.54. The standard InChI is InChI=1S/C27H26N4O4/c1-35-22-11-6-19(7-12-22)26(25-23-16-21(31(33)34)10-13-24(23)29-27(25)32)28-20-8-4-18(5-9-20)17-30-14-2-3-15-30/h4-13,16,29,32H,2-3,14-15,17H2,1H3. The Kier molecular flexibility index (Phi) is 6.20. The van der Waals surface area contributed by atoms with Crippen molar-refractivity contribution in [3.63, 3.8) is 0 Å². The normalized spacial score (nSPS) is 14.5. The number of non-ortho nitro benzene ring substituents is 1. The number of nitrogens with one attached hydrogen (secondary N) is 1. The third kappa shape index (κ3) is 4.74. The van der Waals surface area contributed by atoms with E-state index in [0.29, 0.717) is 27.9 Å². The summed E-state index contributed by atoms with van der Waals surface area (Å²) in [6.45, 7) is 3.18. The second-order valence-corrected chi connectivity index (χ2v) is 8.67. The Hall–Kier alpha value is -4.17. The molecule has 1 aliphatic rings. The molecule has 35 heavy (non-hydrogen) atoms. The van der Waals surface area contributed by atoms with Gasteiger partial charge in [-0.1, -0.05) is 12.1 Å². The molecular weight excluding hydrogens is 444 g/mol. The van der Waals surface area contributed by atoms with Gasteiger partial charge in [-0.15, -0.1) is 0 Å². The molecule has 2 N–H and O–H groups in total. The lowest BCUT2D eigenvalue weighted by atomic mass is 10.00. The molecule has 1 aromatic heterocycles. The van der Waals surface area contributed by atoms with Crippen molar-refractivity contribution >= 4 is 28.0 Å². The number of aliphatic imine (C=N–C) groups is 1. The number of likely N-dealkylation sites (tertiary alicyclic amines) is 1. The summed E-state index contributed by atoms with van der Waals surface area (Å²) in [5.74, 6) is 0.596. The average molecular weight is 471 g/mol. The van der Waals surface area contributed by atoms with Crippen LogP contribution in [0.5, 0.6) is 11.6 Å². The fraction of sp³-hybridized carbons (Fsp3) is 0.222. The number of aromatic hydroxyl groups is 1. The molecular formula is C27H26N4O4. The first-order valence-electron chi connectivity index (χ1n) is 11.6. The van der Waals surface area contributed by atoms with Gasteiger partial charge in [0.2, 0.25) is 0 Å². The van der Waals surface area contributed by atoms with Crippen molar-refractivity contribution in [2.24, 2.45) is 4.99 Å². The summed E-state index contributed by atoms with van der Waals surface area (Å²) in [6, 6.07) is 19.9. The van der Waals surface area contributed by atoms with E-state index in [4.69, 9.17) is 9.73 Å². The summed E-state index contributed by atoms with van der Waals surface area (Å²) in [5.41, 5.74) is 4.14. The first kappa shape index (κ1) is 22.6. The first-order valence-corrected chi connectivity index (χ1v) is 11.6. The van der Waals surface area contributed by atoms with Gasteiger partial charge in [0.25, 0.3) is 5.69 Å². The van der Waals surface area contributed by atoms with Crippen molar-refractivity contribution in [2.45, 2.75) is 19.4 Å². The highest BCUT2D eigenvalue weighted by Crippen LogP contribution is 2.34. The highest BCUT2D eigenvalue weighted by atomic mass is 16.6. The van der Waals surface area contributed by atoms with Gasteiger partial charge in [-0.25, -0.2) is 4.99 Å². The average Bonchev–Trinajstić information content (AvgIpc) is 3.50. The topological polar surface area (TPSA) is 104 Å². The SMILES string of the molecule is COc1ccc(C(=Nc2ccc(CN3CCCC3)cc2)c2c(O)[nH]c3ccc([N+](=O)[O-])cc23)cc1. The van der Waals surface area contributed by atoms with Crippen molar-refractivity contribution in [3.05, 3.63) is 93.5 Å². The van der Waals surface area contributed by atoms with Crippen LogP contribution in [0.3, 0.4) is 0 Å². The summed E-state index contributed by atoms with van der Waals surface area (Å²) in [6.07, 6.45) is 2.50. The van der Waals surface area contributed by atoms with Crippen LogP contribution in [-0.2, 0) is 6.54 Å². The summed E-state index contributed by atoms with van der Waals surface area (Å²) >= 11 is 0. The maximum Gasteiger partial charge on any atom is 0.270 e. The Morgan fingerprint density at radius 3 is 2.46 bits per heavy atom. The largest absolute Gasteiger partial charge is 0.497 e.